The van der Waals surface area contributed by atoms with Crippen molar-refractivity contribution in [2.75, 3.05) is 31.6 Å². The van der Waals surface area contributed by atoms with Crippen molar-refractivity contribution >= 4 is 27.5 Å². The second-order valence-electron chi connectivity index (χ2n) is 11.0. The van der Waals surface area contributed by atoms with Crippen LogP contribution in [0.5, 0.6) is 11.5 Å². The third kappa shape index (κ3) is 6.15. The van der Waals surface area contributed by atoms with Crippen molar-refractivity contribution in [3.63, 3.8) is 0 Å². The van der Waals surface area contributed by atoms with Crippen LogP contribution < -0.4 is 19.7 Å². The van der Waals surface area contributed by atoms with Crippen molar-refractivity contribution in [2.24, 2.45) is 5.92 Å². The molecule has 0 aromatic heterocycles. The van der Waals surface area contributed by atoms with Crippen LogP contribution in [-0.4, -0.2) is 57.4 Å². The van der Waals surface area contributed by atoms with E-state index < -0.39 is 16.1 Å². The first kappa shape index (κ1) is 29.6. The van der Waals surface area contributed by atoms with Crippen LogP contribution in [0.1, 0.15) is 43.7 Å². The summed E-state index contributed by atoms with van der Waals surface area (Å²) in [6.07, 6.45) is -0.128. The minimum Gasteiger partial charge on any atom is -0.495 e. The summed E-state index contributed by atoms with van der Waals surface area (Å²) in [6.45, 7) is 4.87. The fraction of sp³-hybridized carbons (Fsp3) is 0.375. The van der Waals surface area contributed by atoms with E-state index in [9.17, 15) is 18.0 Å². The molecular formula is C32H37N3O6S. The fourth-order valence-corrected chi connectivity index (χ4v) is 7.10. The molecule has 0 bridgehead atoms. The summed E-state index contributed by atoms with van der Waals surface area (Å²) in [5, 5.41) is 2.91. The van der Waals surface area contributed by atoms with Crippen LogP contribution in [0.4, 0.5) is 5.69 Å². The minimum atomic E-state index is -3.82. The molecule has 1 fully saturated rings. The first-order valence-electron chi connectivity index (χ1n) is 14.3. The molecule has 2 aliphatic rings. The Kier molecular flexibility index (Phi) is 8.84. The van der Waals surface area contributed by atoms with Gasteiger partial charge in [-0.25, -0.2) is 8.42 Å². The second-order valence-corrected chi connectivity index (χ2v) is 12.9. The molecule has 0 unspecified atom stereocenters. The Hall–Kier alpha value is -3.89. The van der Waals surface area contributed by atoms with Gasteiger partial charge in [0.1, 0.15) is 16.4 Å². The zero-order chi connectivity index (χ0) is 29.9. The summed E-state index contributed by atoms with van der Waals surface area (Å²) >= 11 is 0. The first-order chi connectivity index (χ1) is 20.2. The molecule has 42 heavy (non-hydrogen) atoms. The lowest BCUT2D eigenvalue weighted by Crippen LogP contribution is -2.53. The van der Waals surface area contributed by atoms with Crippen molar-refractivity contribution in [1.29, 1.82) is 0 Å². The van der Waals surface area contributed by atoms with Gasteiger partial charge in [-0.3, -0.25) is 9.59 Å². The quantitative estimate of drug-likeness (QED) is 0.418. The lowest BCUT2D eigenvalue weighted by atomic mass is 9.95. The molecule has 0 radical (unpaired) electrons. The number of rotatable bonds is 8. The summed E-state index contributed by atoms with van der Waals surface area (Å²) in [4.78, 5) is 28.7. The molecule has 2 aliphatic heterocycles. The monoisotopic (exact) mass is 591 g/mol. The van der Waals surface area contributed by atoms with Gasteiger partial charge in [-0.05, 0) is 54.2 Å². The van der Waals surface area contributed by atoms with E-state index in [2.05, 4.69) is 5.32 Å². The van der Waals surface area contributed by atoms with E-state index in [1.165, 1.54) is 11.4 Å². The Labute approximate surface area is 247 Å². The molecule has 3 aromatic carbocycles. The van der Waals surface area contributed by atoms with Crippen LogP contribution in [0, 0.1) is 5.92 Å². The number of ether oxygens (including phenoxy) is 2. The van der Waals surface area contributed by atoms with Crippen LogP contribution in [-0.2, 0) is 26.2 Å². The molecule has 1 saturated heterocycles. The highest BCUT2D eigenvalue weighted by Crippen LogP contribution is 2.37. The zero-order valence-corrected chi connectivity index (χ0v) is 25.0. The van der Waals surface area contributed by atoms with E-state index in [0.717, 1.165) is 11.1 Å². The van der Waals surface area contributed by atoms with Gasteiger partial charge in [0, 0.05) is 25.6 Å². The number of hydrogen-bond acceptors (Lipinski definition) is 6. The van der Waals surface area contributed by atoms with Crippen molar-refractivity contribution in [3.8, 4) is 11.5 Å². The van der Waals surface area contributed by atoms with Gasteiger partial charge in [-0.1, -0.05) is 62.4 Å². The Morgan fingerprint density at radius 3 is 2.38 bits per heavy atom. The summed E-state index contributed by atoms with van der Waals surface area (Å²) in [5.41, 5.74) is 2.48. The molecule has 10 heteroatoms. The smallest absolute Gasteiger partial charge is 0.263 e. The first-order valence-corrected chi connectivity index (χ1v) is 15.7. The minimum absolute atomic E-state index is 0.0776. The van der Waals surface area contributed by atoms with Crippen LogP contribution >= 0.6 is 0 Å². The van der Waals surface area contributed by atoms with Crippen molar-refractivity contribution < 1.29 is 27.5 Å². The number of fused-ring (bicyclic) bond motifs is 1. The molecule has 0 spiro atoms. The number of carbonyl (C=O) groups excluding carboxylic acids is 2. The maximum atomic E-state index is 13.9. The van der Waals surface area contributed by atoms with Gasteiger partial charge in [0.25, 0.3) is 5.91 Å². The SMILES string of the molecule is COc1ccc(C(C)C)cc1S(=O)(=O)N1CCC(C(=O)N2C[C@@H](C(=O)NCc3ccccc3)Oc3ccccc32)CC1. The summed E-state index contributed by atoms with van der Waals surface area (Å²) in [6, 6.07) is 22.0. The zero-order valence-electron chi connectivity index (χ0n) is 24.2. The van der Waals surface area contributed by atoms with Gasteiger partial charge in [0.05, 0.1) is 19.3 Å². The summed E-state index contributed by atoms with van der Waals surface area (Å²) in [5.74, 6) is 0.106. The van der Waals surface area contributed by atoms with E-state index in [1.807, 2.05) is 56.3 Å². The third-order valence-electron chi connectivity index (χ3n) is 7.92. The van der Waals surface area contributed by atoms with Crippen LogP contribution in [0.25, 0.3) is 0 Å². The molecule has 3 aromatic rings. The molecule has 0 aliphatic carbocycles. The average Bonchev–Trinajstić information content (AvgIpc) is 3.02. The lowest BCUT2D eigenvalue weighted by molar-refractivity contribution is -0.129. The third-order valence-corrected chi connectivity index (χ3v) is 9.84. The number of benzene rings is 3. The molecule has 9 nitrogen and oxygen atoms in total. The molecular weight excluding hydrogens is 554 g/mol. The normalized spacial score (nSPS) is 17.8. The van der Waals surface area contributed by atoms with Crippen molar-refractivity contribution in [3.05, 3.63) is 83.9 Å². The van der Waals surface area contributed by atoms with Gasteiger partial charge in [-0.2, -0.15) is 4.31 Å². The van der Waals surface area contributed by atoms with Crippen molar-refractivity contribution in [2.45, 2.75) is 50.2 Å². The standard InChI is InChI=1S/C32H37N3O6S/c1-22(2)25-13-14-28(40-3)30(19-25)42(38,39)34-17-15-24(16-18-34)32(37)35-21-29(41-27-12-8-7-11-26(27)35)31(36)33-20-23-9-5-4-6-10-23/h4-14,19,22,24,29H,15-18,20-21H2,1-3H3,(H,33,36)/t29-/m0/s1. The molecule has 5 rings (SSSR count). The van der Waals surface area contributed by atoms with Crippen LogP contribution in [0.2, 0.25) is 0 Å². The summed E-state index contributed by atoms with van der Waals surface area (Å²) < 4.78 is 40.1. The van der Waals surface area contributed by atoms with Crippen LogP contribution in [0.15, 0.2) is 77.7 Å². The molecule has 222 valence electrons. The van der Waals surface area contributed by atoms with Gasteiger partial charge < -0.3 is 19.7 Å². The number of sulfonamides is 1. The Balaban J connectivity index is 1.28. The van der Waals surface area contributed by atoms with E-state index in [0.29, 0.717) is 36.6 Å². The number of para-hydroxylation sites is 2. The highest BCUT2D eigenvalue weighted by Gasteiger charge is 2.39. The molecule has 2 amide bonds. The number of amides is 2. The maximum absolute atomic E-state index is 13.9. The highest BCUT2D eigenvalue weighted by atomic mass is 32.2. The lowest BCUT2D eigenvalue weighted by Gasteiger charge is -2.38. The van der Waals surface area contributed by atoms with Gasteiger partial charge in [-0.15, -0.1) is 0 Å². The predicted octanol–water partition coefficient (Wildman–Crippen LogP) is 4.33. The average molecular weight is 592 g/mol. The molecule has 0 saturated carbocycles. The number of hydrogen-bond donors (Lipinski definition) is 1. The van der Waals surface area contributed by atoms with E-state index in [4.69, 9.17) is 9.47 Å². The number of nitrogens with one attached hydrogen (secondary N) is 1. The summed E-state index contributed by atoms with van der Waals surface area (Å²) in [7, 11) is -2.36. The highest BCUT2D eigenvalue weighted by molar-refractivity contribution is 7.89. The molecule has 1 N–H and O–H groups in total. The predicted molar refractivity (Wildman–Crippen MR) is 160 cm³/mol. The largest absolute Gasteiger partial charge is 0.495 e. The maximum Gasteiger partial charge on any atom is 0.263 e. The number of methoxy groups -OCH3 is 1. The van der Waals surface area contributed by atoms with Crippen molar-refractivity contribution in [1.82, 2.24) is 9.62 Å². The topological polar surface area (TPSA) is 105 Å². The van der Waals surface area contributed by atoms with Gasteiger partial charge >= 0.3 is 0 Å². The number of nitrogens with zero attached hydrogens (tertiary/aromatic N) is 2. The molecule has 1 atom stereocenters. The van der Waals surface area contributed by atoms with Crippen LogP contribution in [0.3, 0.4) is 0 Å². The Morgan fingerprint density at radius 1 is 1.00 bits per heavy atom. The number of anilines is 1. The second kappa shape index (κ2) is 12.5. The Bertz CT molecular complexity index is 1530. The van der Waals surface area contributed by atoms with E-state index in [-0.39, 0.29) is 48.2 Å². The van der Waals surface area contributed by atoms with Gasteiger partial charge in [0.15, 0.2) is 6.10 Å². The Morgan fingerprint density at radius 2 is 1.69 bits per heavy atom. The number of piperidine rings is 1. The fourth-order valence-electron chi connectivity index (χ4n) is 5.44. The van der Waals surface area contributed by atoms with E-state index >= 15 is 0 Å². The number of carbonyl (C=O) groups is 2. The van der Waals surface area contributed by atoms with E-state index in [1.54, 1.807) is 35.2 Å². The molecule has 2 heterocycles. The van der Waals surface area contributed by atoms with Gasteiger partial charge in [0.2, 0.25) is 15.9 Å².